The molecule has 2 amide bonds. The highest BCUT2D eigenvalue weighted by molar-refractivity contribution is 7.93. The molecular weight excluding hydrogens is 457 g/mol. The summed E-state index contributed by atoms with van der Waals surface area (Å²) in [7, 11) is -3.86. The van der Waals surface area contributed by atoms with Crippen LogP contribution in [0, 0.1) is 21.9 Å². The summed E-state index contributed by atoms with van der Waals surface area (Å²) in [6, 6.07) is 2.19. The zero-order valence-electron chi connectivity index (χ0n) is 18.3. The maximum absolute atomic E-state index is 14.9. The topological polar surface area (TPSA) is 159 Å². The monoisotopic (exact) mass is 483 g/mol. The number of amides is 2. The number of benzene rings is 1. The second kappa shape index (κ2) is 9.50. The van der Waals surface area contributed by atoms with E-state index < -0.39 is 34.0 Å². The molecule has 0 aliphatic carbocycles. The summed E-state index contributed by atoms with van der Waals surface area (Å²) >= 11 is 0.720. The van der Waals surface area contributed by atoms with Gasteiger partial charge in [0.2, 0.25) is 0 Å². The van der Waals surface area contributed by atoms with Crippen molar-refractivity contribution in [2.24, 2.45) is 0 Å². The molecule has 32 heavy (non-hydrogen) atoms. The first-order chi connectivity index (χ1) is 14.7. The molecule has 1 aromatic carbocycles. The molecule has 0 aliphatic rings. The van der Waals surface area contributed by atoms with Gasteiger partial charge in [0.25, 0.3) is 0 Å². The number of nitrogens with one attached hydrogen (secondary N) is 3. The van der Waals surface area contributed by atoms with Gasteiger partial charge in [-0.15, -0.1) is 11.3 Å². The van der Waals surface area contributed by atoms with Crippen LogP contribution < -0.4 is 10.0 Å². The minimum atomic E-state index is -3.86. The van der Waals surface area contributed by atoms with Crippen molar-refractivity contribution in [2.45, 2.75) is 56.3 Å². The number of nitriles is 1. The summed E-state index contributed by atoms with van der Waals surface area (Å²) in [5.74, 6) is -1.28. The Labute approximate surface area is 190 Å². The van der Waals surface area contributed by atoms with Gasteiger partial charge >= 0.3 is 6.03 Å². The number of thiazole rings is 1. The highest BCUT2D eigenvalue weighted by atomic mass is 32.2. The van der Waals surface area contributed by atoms with Gasteiger partial charge in [0.1, 0.15) is 26.7 Å². The van der Waals surface area contributed by atoms with Crippen molar-refractivity contribution in [3.05, 3.63) is 39.8 Å². The van der Waals surface area contributed by atoms with Gasteiger partial charge in [-0.2, -0.15) is 5.26 Å². The molecular formula is C20H26FN5O4S2. The molecule has 1 unspecified atom stereocenters. The van der Waals surface area contributed by atoms with E-state index in [1.807, 2.05) is 19.9 Å². The molecule has 2 rings (SSSR count). The van der Waals surface area contributed by atoms with E-state index in [0.717, 1.165) is 17.5 Å². The fourth-order valence-electron chi connectivity index (χ4n) is 2.95. The third-order valence-electron chi connectivity index (χ3n) is 4.66. The van der Waals surface area contributed by atoms with E-state index in [9.17, 15) is 28.9 Å². The first kappa shape index (κ1) is 25.7. The minimum absolute atomic E-state index is 0.0375. The number of aliphatic hydroxyl groups is 2. The van der Waals surface area contributed by atoms with Crippen molar-refractivity contribution in [3.63, 3.8) is 0 Å². The molecule has 0 aliphatic heterocycles. The average molecular weight is 484 g/mol. The molecule has 0 saturated carbocycles. The van der Waals surface area contributed by atoms with Gasteiger partial charge in [0.15, 0.2) is 9.92 Å². The summed E-state index contributed by atoms with van der Waals surface area (Å²) < 4.78 is 37.7. The van der Waals surface area contributed by atoms with Crippen molar-refractivity contribution >= 4 is 33.0 Å². The predicted octanol–water partition coefficient (Wildman–Crippen LogP) is 3.74. The fourth-order valence-corrected chi connectivity index (χ4v) is 5.08. The van der Waals surface area contributed by atoms with Gasteiger partial charge in [-0.3, -0.25) is 0 Å². The maximum Gasteiger partial charge on any atom is 0.331 e. The number of nitrogens with zero attached hydrogens (tertiary/aromatic N) is 2. The summed E-state index contributed by atoms with van der Waals surface area (Å²) in [5.41, 5.74) is -0.997. The number of aliphatic hydroxyl groups excluding tert-OH is 1. The van der Waals surface area contributed by atoms with Crippen LogP contribution in [-0.2, 0) is 15.5 Å². The summed E-state index contributed by atoms with van der Waals surface area (Å²) in [6.07, 6.45) is 1.08. The predicted molar refractivity (Wildman–Crippen MR) is 119 cm³/mol. The lowest BCUT2D eigenvalue weighted by atomic mass is 9.90. The highest BCUT2D eigenvalue weighted by Crippen LogP contribution is 2.36. The molecule has 0 bridgehead atoms. The number of rotatable bonds is 7. The van der Waals surface area contributed by atoms with Crippen molar-refractivity contribution in [1.82, 2.24) is 9.71 Å². The van der Waals surface area contributed by atoms with Crippen LogP contribution in [0.4, 0.5) is 14.9 Å². The average Bonchev–Trinajstić information content (AvgIpc) is 3.19. The van der Waals surface area contributed by atoms with Crippen LogP contribution in [0.15, 0.2) is 16.5 Å². The van der Waals surface area contributed by atoms with E-state index in [1.54, 1.807) is 13.8 Å². The normalized spacial score (nSPS) is 15.2. The van der Waals surface area contributed by atoms with Crippen molar-refractivity contribution in [3.8, 4) is 6.07 Å². The lowest BCUT2D eigenvalue weighted by Crippen LogP contribution is -2.34. The lowest BCUT2D eigenvalue weighted by Gasteiger charge is -2.22. The SMILES string of the molecule is CC(C)c1cc(C#N)c(F)c(C(C)C)c1NC(=O)N[S@](=N)(=O)c1cnc(C(C)(O)CO)s1. The van der Waals surface area contributed by atoms with Crippen molar-refractivity contribution < 1.29 is 23.6 Å². The van der Waals surface area contributed by atoms with Crippen molar-refractivity contribution in [1.29, 1.82) is 10.0 Å². The molecule has 2 atom stereocenters. The zero-order valence-corrected chi connectivity index (χ0v) is 19.9. The number of halogens is 1. The van der Waals surface area contributed by atoms with Crippen LogP contribution in [-0.4, -0.2) is 32.0 Å². The fraction of sp³-hybridized carbons (Fsp3) is 0.450. The van der Waals surface area contributed by atoms with Crippen LogP contribution in [0.25, 0.3) is 0 Å². The number of urea groups is 1. The quantitative estimate of drug-likeness (QED) is 0.403. The molecule has 0 fully saturated rings. The van der Waals surface area contributed by atoms with Crippen LogP contribution in [0.2, 0.25) is 0 Å². The number of aromatic nitrogens is 1. The van der Waals surface area contributed by atoms with Gasteiger partial charge in [0, 0.05) is 5.56 Å². The first-order valence-electron chi connectivity index (χ1n) is 9.68. The smallest absolute Gasteiger partial charge is 0.331 e. The molecule has 2 aromatic rings. The molecule has 1 aromatic heterocycles. The second-order valence-electron chi connectivity index (χ2n) is 8.07. The zero-order chi connectivity index (χ0) is 24.4. The number of anilines is 1. The summed E-state index contributed by atoms with van der Waals surface area (Å²) in [5, 5.41) is 31.1. The van der Waals surface area contributed by atoms with E-state index in [2.05, 4.69) is 15.0 Å². The van der Waals surface area contributed by atoms with Crippen LogP contribution in [0.5, 0.6) is 0 Å². The molecule has 1 heterocycles. The third kappa shape index (κ3) is 5.24. The van der Waals surface area contributed by atoms with E-state index >= 15 is 0 Å². The summed E-state index contributed by atoms with van der Waals surface area (Å²) in [6.45, 7) is 7.75. The largest absolute Gasteiger partial charge is 0.393 e. The Morgan fingerprint density at radius 2 is 2.03 bits per heavy atom. The molecule has 5 N–H and O–H groups in total. The van der Waals surface area contributed by atoms with Gasteiger partial charge in [0.05, 0.1) is 24.1 Å². The Hall–Kier alpha value is -2.59. The lowest BCUT2D eigenvalue weighted by molar-refractivity contribution is -0.00244. The Balaban J connectivity index is 2.41. The highest BCUT2D eigenvalue weighted by Gasteiger charge is 2.29. The molecule has 174 valence electrons. The maximum atomic E-state index is 14.9. The standard InChI is InChI=1S/C20H26FN5O4S2/c1-10(2)13-6-12(7-22)16(21)15(11(3)4)17(13)25-19(28)26-32(23,30)14-8-24-18(31-14)20(5,29)9-27/h6,8,10-11,27,29H,9H2,1-5H3,(H3,23,25,26,28,30)/t20?,32-/m0/s1. The van der Waals surface area contributed by atoms with Gasteiger partial charge in [-0.1, -0.05) is 27.7 Å². The minimum Gasteiger partial charge on any atom is -0.393 e. The Bertz CT molecular complexity index is 1170. The Morgan fingerprint density at radius 1 is 1.41 bits per heavy atom. The van der Waals surface area contributed by atoms with Gasteiger partial charge in [-0.25, -0.2) is 27.9 Å². The Kier molecular flexibility index (Phi) is 7.62. The number of carbonyl (C=O) groups is 1. The van der Waals surface area contributed by atoms with E-state index in [-0.39, 0.29) is 37.9 Å². The van der Waals surface area contributed by atoms with Gasteiger partial charge < -0.3 is 15.5 Å². The number of hydrogen-bond donors (Lipinski definition) is 5. The number of carbonyl (C=O) groups excluding carboxylic acids is 1. The van der Waals surface area contributed by atoms with Crippen LogP contribution >= 0.6 is 11.3 Å². The second-order valence-corrected chi connectivity index (χ2v) is 11.1. The third-order valence-corrected chi connectivity index (χ3v) is 7.81. The first-order valence-corrected chi connectivity index (χ1v) is 12.1. The molecule has 12 heteroatoms. The van der Waals surface area contributed by atoms with Crippen LogP contribution in [0.1, 0.15) is 68.2 Å². The van der Waals surface area contributed by atoms with E-state index in [0.29, 0.717) is 5.56 Å². The van der Waals surface area contributed by atoms with E-state index in [4.69, 9.17) is 4.78 Å². The molecule has 0 radical (unpaired) electrons. The number of hydrogen-bond acceptors (Lipinski definition) is 8. The van der Waals surface area contributed by atoms with Crippen LogP contribution in [0.3, 0.4) is 0 Å². The molecule has 0 saturated heterocycles. The Morgan fingerprint density at radius 3 is 2.53 bits per heavy atom. The van der Waals surface area contributed by atoms with E-state index in [1.165, 1.54) is 13.0 Å². The summed E-state index contributed by atoms with van der Waals surface area (Å²) in [4.78, 5) is 16.5. The molecule has 9 nitrogen and oxygen atoms in total. The van der Waals surface area contributed by atoms with Crippen molar-refractivity contribution in [2.75, 3.05) is 11.9 Å². The van der Waals surface area contributed by atoms with Gasteiger partial charge in [-0.05, 0) is 30.4 Å². The molecule has 0 spiro atoms.